The number of benzene rings is 1. The number of carbonyl (C=O) groups is 3. The lowest BCUT2D eigenvalue weighted by molar-refractivity contribution is -0.142. The van der Waals surface area contributed by atoms with E-state index < -0.39 is 35.7 Å². The molecule has 2 atom stereocenters. The molecule has 1 aliphatic rings. The molecule has 0 fully saturated rings. The number of hydrogen-bond acceptors (Lipinski definition) is 10. The van der Waals surface area contributed by atoms with Gasteiger partial charge in [0, 0.05) is 28.7 Å². The fourth-order valence-electron chi connectivity index (χ4n) is 2.96. The number of fused-ring (bicyclic) bond motifs is 1. The van der Waals surface area contributed by atoms with Gasteiger partial charge in [-0.3, -0.25) is 0 Å². The highest BCUT2D eigenvalue weighted by Gasteiger charge is 2.30. The summed E-state index contributed by atoms with van der Waals surface area (Å²) in [6, 6.07) is -0.745. The summed E-state index contributed by atoms with van der Waals surface area (Å²) >= 11 is 6.61. The molecular formula is C21H28N2O8S2. The molecule has 1 aliphatic heterocycles. The van der Waals surface area contributed by atoms with Crippen molar-refractivity contribution in [1.82, 2.24) is 10.6 Å². The van der Waals surface area contributed by atoms with Gasteiger partial charge < -0.3 is 35.1 Å². The Balaban J connectivity index is 2.42. The Kier molecular flexibility index (Phi) is 8.78. The third kappa shape index (κ3) is 7.13. The smallest absolute Gasteiger partial charge is 0.408 e. The molecule has 0 radical (unpaired) electrons. The summed E-state index contributed by atoms with van der Waals surface area (Å²) in [5, 5.41) is 25.8. The van der Waals surface area contributed by atoms with Crippen molar-refractivity contribution in [3.63, 3.8) is 0 Å². The van der Waals surface area contributed by atoms with Gasteiger partial charge in [0.1, 0.15) is 40.8 Å². The number of phenolic OH excluding ortho intramolecular Hbond substituents is 2. The number of thiocarbonyl (C=S) groups is 1. The maximum Gasteiger partial charge on any atom is 0.408 e. The number of phenols is 2. The van der Waals surface area contributed by atoms with E-state index in [4.69, 9.17) is 26.4 Å². The quantitative estimate of drug-likeness (QED) is 0.269. The molecule has 2 rings (SSSR count). The molecule has 33 heavy (non-hydrogen) atoms. The summed E-state index contributed by atoms with van der Waals surface area (Å²) in [6.45, 7) is 6.19. The molecule has 0 unspecified atom stereocenters. The van der Waals surface area contributed by atoms with Crippen LogP contribution in [-0.2, 0) is 24.8 Å². The van der Waals surface area contributed by atoms with Crippen LogP contribution >= 0.6 is 24.0 Å². The number of nitrogens with one attached hydrogen (secondary N) is 2. The molecule has 1 heterocycles. The van der Waals surface area contributed by atoms with Crippen LogP contribution in [0.25, 0.3) is 0 Å². The van der Waals surface area contributed by atoms with Gasteiger partial charge >= 0.3 is 18.0 Å². The second kappa shape index (κ2) is 10.9. The van der Waals surface area contributed by atoms with Gasteiger partial charge in [-0.05, 0) is 27.7 Å². The Bertz CT molecular complexity index is 945. The number of thioether (sulfide) groups is 1. The van der Waals surface area contributed by atoms with E-state index in [0.29, 0.717) is 0 Å². The average molecular weight is 501 g/mol. The minimum atomic E-state index is -1.02. The first kappa shape index (κ1) is 26.5. The first-order valence-corrected chi connectivity index (χ1v) is 11.6. The van der Waals surface area contributed by atoms with Crippen LogP contribution in [0.4, 0.5) is 4.79 Å². The number of cyclic esters (lactones) is 1. The molecule has 182 valence electrons. The molecule has 12 heteroatoms. The van der Waals surface area contributed by atoms with Crippen molar-refractivity contribution in [2.75, 3.05) is 19.5 Å². The monoisotopic (exact) mass is 500 g/mol. The summed E-state index contributed by atoms with van der Waals surface area (Å²) in [6.07, 6.45) is -0.796. The molecule has 4 N–H and O–H groups in total. The molecule has 0 bridgehead atoms. The summed E-state index contributed by atoms with van der Waals surface area (Å²) in [7, 11) is 1.24. The van der Waals surface area contributed by atoms with Crippen molar-refractivity contribution < 1.29 is 38.8 Å². The van der Waals surface area contributed by atoms with E-state index in [1.54, 1.807) is 20.8 Å². The van der Waals surface area contributed by atoms with Crippen LogP contribution in [0, 0.1) is 6.92 Å². The van der Waals surface area contributed by atoms with Crippen LogP contribution in [0.1, 0.15) is 42.3 Å². The maximum atomic E-state index is 12.9. The zero-order valence-electron chi connectivity index (χ0n) is 19.0. The van der Waals surface area contributed by atoms with Crippen LogP contribution in [0.3, 0.4) is 0 Å². The van der Waals surface area contributed by atoms with Crippen molar-refractivity contribution in [3.05, 3.63) is 22.8 Å². The number of rotatable bonds is 2. The van der Waals surface area contributed by atoms with Crippen LogP contribution < -0.4 is 10.6 Å². The first-order chi connectivity index (χ1) is 15.3. The van der Waals surface area contributed by atoms with E-state index >= 15 is 0 Å². The van der Waals surface area contributed by atoms with Gasteiger partial charge in [0.25, 0.3) is 0 Å². The molecule has 0 aromatic heterocycles. The van der Waals surface area contributed by atoms with Crippen LogP contribution in [0.15, 0.2) is 6.07 Å². The fraction of sp³-hybridized carbons (Fsp3) is 0.524. The van der Waals surface area contributed by atoms with E-state index in [1.807, 2.05) is 0 Å². The first-order valence-electron chi connectivity index (χ1n) is 10.0. The lowest BCUT2D eigenvalue weighted by Gasteiger charge is -2.27. The molecule has 0 aliphatic carbocycles. The van der Waals surface area contributed by atoms with Crippen molar-refractivity contribution in [2.24, 2.45) is 0 Å². The van der Waals surface area contributed by atoms with Crippen molar-refractivity contribution >= 4 is 47.0 Å². The van der Waals surface area contributed by atoms with E-state index in [1.165, 1.54) is 25.8 Å². The Morgan fingerprint density at radius 3 is 2.58 bits per heavy atom. The lowest BCUT2D eigenvalue weighted by Crippen LogP contribution is -2.54. The van der Waals surface area contributed by atoms with E-state index in [2.05, 4.69) is 10.6 Å². The number of aromatic hydroxyl groups is 2. The predicted octanol–water partition coefficient (Wildman–Crippen LogP) is 2.16. The second-order valence-corrected chi connectivity index (χ2v) is 9.76. The van der Waals surface area contributed by atoms with E-state index in [0.717, 1.165) is 6.07 Å². The Morgan fingerprint density at radius 2 is 1.97 bits per heavy atom. The maximum absolute atomic E-state index is 12.9. The largest absolute Gasteiger partial charge is 0.508 e. The van der Waals surface area contributed by atoms with Gasteiger partial charge in [0.2, 0.25) is 0 Å². The van der Waals surface area contributed by atoms with Crippen molar-refractivity contribution in [3.8, 4) is 11.5 Å². The highest BCUT2D eigenvalue weighted by atomic mass is 32.2. The molecule has 0 spiro atoms. The normalized spacial score (nSPS) is 19.7. The highest BCUT2D eigenvalue weighted by Crippen LogP contribution is 2.35. The molecule has 0 saturated carbocycles. The van der Waals surface area contributed by atoms with Crippen molar-refractivity contribution in [1.29, 1.82) is 0 Å². The number of esters is 2. The number of methoxy groups -OCH3 is 1. The number of amides is 1. The van der Waals surface area contributed by atoms with Gasteiger partial charge in [0.15, 0.2) is 0 Å². The SMILES string of the molecule is COC(=O)[C@@H]1CSCc2c(O)cc(O)c(C)c2C(=O)OC[C@H](NC(=O)OC(C)(C)C)C(=S)N1. The number of alkyl carbamates (subject to hydrolysis) is 1. The van der Waals surface area contributed by atoms with E-state index in [-0.39, 0.29) is 51.3 Å². The topological polar surface area (TPSA) is 143 Å². The molecule has 10 nitrogen and oxygen atoms in total. The third-order valence-electron chi connectivity index (χ3n) is 4.57. The van der Waals surface area contributed by atoms with Gasteiger partial charge in [-0.25, -0.2) is 14.4 Å². The average Bonchev–Trinajstić information content (AvgIpc) is 2.70. The summed E-state index contributed by atoms with van der Waals surface area (Å²) in [4.78, 5) is 37.5. The number of ether oxygens (including phenoxy) is 3. The van der Waals surface area contributed by atoms with Gasteiger partial charge in [-0.15, -0.1) is 0 Å². The Hall–Kier alpha value is -2.73. The predicted molar refractivity (Wildman–Crippen MR) is 126 cm³/mol. The standard InChI is InChI=1S/C21H28N2O8S2/c1-10-14(24)6-15(25)11-8-33-9-13(18(26)29-5)22-17(32)12(7-30-19(27)16(10)11)23-20(28)31-21(2,3)4/h6,12-13,24-25H,7-9H2,1-5H3,(H,22,32)(H,23,28)/t12-,13-/m0/s1. The van der Waals surface area contributed by atoms with Crippen LogP contribution in [-0.4, -0.2) is 70.4 Å². The lowest BCUT2D eigenvalue weighted by atomic mass is 10.0. The number of hydrogen-bond donors (Lipinski definition) is 4. The summed E-state index contributed by atoms with van der Waals surface area (Å²) < 4.78 is 15.5. The summed E-state index contributed by atoms with van der Waals surface area (Å²) in [5.74, 6) is -1.61. The number of carbonyl (C=O) groups excluding carboxylic acids is 3. The Morgan fingerprint density at radius 1 is 1.30 bits per heavy atom. The fourth-order valence-corrected chi connectivity index (χ4v) is 4.29. The van der Waals surface area contributed by atoms with Gasteiger partial charge in [0.05, 0.1) is 12.7 Å². The second-order valence-electron chi connectivity index (χ2n) is 8.29. The van der Waals surface area contributed by atoms with Gasteiger partial charge in [-0.2, -0.15) is 11.8 Å². The van der Waals surface area contributed by atoms with E-state index in [9.17, 15) is 24.6 Å². The summed E-state index contributed by atoms with van der Waals surface area (Å²) in [5.41, 5.74) is -0.293. The molecule has 1 aromatic carbocycles. The van der Waals surface area contributed by atoms with Crippen LogP contribution in [0.5, 0.6) is 11.5 Å². The minimum Gasteiger partial charge on any atom is -0.508 e. The highest BCUT2D eigenvalue weighted by molar-refractivity contribution is 7.98. The molecule has 1 amide bonds. The minimum absolute atomic E-state index is 0.00471. The third-order valence-corrected chi connectivity index (χ3v) is 6.03. The zero-order valence-corrected chi connectivity index (χ0v) is 20.6. The van der Waals surface area contributed by atoms with Crippen LogP contribution in [0.2, 0.25) is 0 Å². The van der Waals surface area contributed by atoms with Gasteiger partial charge in [-0.1, -0.05) is 12.2 Å². The molecule has 0 saturated heterocycles. The Labute approximate surface area is 201 Å². The zero-order chi connectivity index (χ0) is 24.9. The molecule has 1 aromatic rings. The van der Waals surface area contributed by atoms with Crippen molar-refractivity contribution in [2.45, 2.75) is 51.1 Å². The molecular weight excluding hydrogens is 472 g/mol.